The molecule has 0 aliphatic rings. The number of nitrogens with one attached hydrogen (secondary N) is 2. The Bertz CT molecular complexity index is 176. The van der Waals surface area contributed by atoms with Crippen LogP contribution in [0.3, 0.4) is 0 Å². The van der Waals surface area contributed by atoms with Crippen molar-refractivity contribution < 1.29 is 4.21 Å². The first-order valence-electron chi connectivity index (χ1n) is 2.78. The monoisotopic (exact) mass is 150 g/mol. The summed E-state index contributed by atoms with van der Waals surface area (Å²) in [5.74, 6) is 0. The molecule has 2 N–H and O–H groups in total. The van der Waals surface area contributed by atoms with E-state index in [0.717, 1.165) is 0 Å². The molecule has 0 aliphatic carbocycles. The van der Waals surface area contributed by atoms with E-state index in [-0.39, 0.29) is 0 Å². The fraction of sp³-hybridized carbons (Fsp3) is 1.00. The standard InChI is InChI=1S/C5H14N2OS/c1-5(2,3)9(6,8)7-4/h1-4H3,(H2,6,7,8). The summed E-state index contributed by atoms with van der Waals surface area (Å²) in [5, 5.41) is 0. The molecule has 0 radical (unpaired) electrons. The summed E-state index contributed by atoms with van der Waals surface area (Å²) in [5.41, 5.74) is 0. The van der Waals surface area contributed by atoms with E-state index in [1.54, 1.807) is 27.8 Å². The summed E-state index contributed by atoms with van der Waals surface area (Å²) in [6.45, 7) is 5.33. The second-order valence-electron chi connectivity index (χ2n) is 2.87. The number of rotatable bonds is 1. The minimum Gasteiger partial charge on any atom is -0.240 e. The number of hydrogen-bond donors (Lipinski definition) is 2. The highest BCUT2D eigenvalue weighted by atomic mass is 32.2. The lowest BCUT2D eigenvalue weighted by molar-refractivity contribution is 0.629. The lowest BCUT2D eigenvalue weighted by Crippen LogP contribution is -2.35. The Morgan fingerprint density at radius 2 is 1.78 bits per heavy atom. The van der Waals surface area contributed by atoms with Gasteiger partial charge in [0.1, 0.15) is 9.92 Å². The summed E-state index contributed by atoms with van der Waals surface area (Å²) in [6, 6.07) is 0. The van der Waals surface area contributed by atoms with Gasteiger partial charge in [-0.2, -0.15) is 0 Å². The molecule has 3 nitrogen and oxygen atoms in total. The fourth-order valence-corrected chi connectivity index (χ4v) is 0.919. The van der Waals surface area contributed by atoms with Crippen molar-refractivity contribution in [2.75, 3.05) is 7.05 Å². The maximum Gasteiger partial charge on any atom is 0.110 e. The van der Waals surface area contributed by atoms with Gasteiger partial charge < -0.3 is 0 Å². The Morgan fingerprint density at radius 1 is 1.44 bits per heavy atom. The minimum atomic E-state index is -2.59. The van der Waals surface area contributed by atoms with E-state index in [0.29, 0.717) is 0 Å². The van der Waals surface area contributed by atoms with Crippen molar-refractivity contribution in [3.05, 3.63) is 0 Å². The summed E-state index contributed by atoms with van der Waals surface area (Å²) < 4.78 is 20.4. The first kappa shape index (κ1) is 8.91. The number of hydrogen-bond acceptors (Lipinski definition) is 2. The van der Waals surface area contributed by atoms with Crippen LogP contribution in [-0.2, 0) is 9.92 Å². The third kappa shape index (κ3) is 1.95. The molecule has 0 aromatic rings. The van der Waals surface area contributed by atoms with Gasteiger partial charge in [-0.25, -0.2) is 13.7 Å². The SMILES string of the molecule is CNS(=N)(=O)C(C)(C)C. The molecule has 0 amide bonds. The summed E-state index contributed by atoms with van der Waals surface area (Å²) in [6.07, 6.45) is 0. The first-order valence-corrected chi connectivity index (χ1v) is 4.34. The molecule has 0 heterocycles. The first-order chi connectivity index (χ1) is 3.81. The van der Waals surface area contributed by atoms with Gasteiger partial charge >= 0.3 is 0 Å². The van der Waals surface area contributed by atoms with Crippen LogP contribution in [0.2, 0.25) is 0 Å². The lowest BCUT2D eigenvalue weighted by Gasteiger charge is -2.20. The molecule has 0 aromatic carbocycles. The molecule has 0 fully saturated rings. The lowest BCUT2D eigenvalue weighted by atomic mass is 10.3. The normalized spacial score (nSPS) is 19.1. The van der Waals surface area contributed by atoms with Crippen LogP contribution in [0.15, 0.2) is 0 Å². The van der Waals surface area contributed by atoms with Gasteiger partial charge in [0.2, 0.25) is 0 Å². The highest BCUT2D eigenvalue weighted by Crippen LogP contribution is 2.12. The van der Waals surface area contributed by atoms with Crippen molar-refractivity contribution in [1.29, 1.82) is 4.78 Å². The van der Waals surface area contributed by atoms with Crippen molar-refractivity contribution in [1.82, 2.24) is 4.72 Å². The average molecular weight is 150 g/mol. The Hall–Kier alpha value is -0.0900. The summed E-state index contributed by atoms with van der Waals surface area (Å²) in [4.78, 5) is 0. The largest absolute Gasteiger partial charge is 0.240 e. The van der Waals surface area contributed by atoms with E-state index < -0.39 is 14.7 Å². The third-order valence-corrected chi connectivity index (χ3v) is 3.45. The van der Waals surface area contributed by atoms with Gasteiger partial charge in [0.05, 0.1) is 4.75 Å². The molecule has 9 heavy (non-hydrogen) atoms. The van der Waals surface area contributed by atoms with Gasteiger partial charge in [0.15, 0.2) is 0 Å². The Morgan fingerprint density at radius 3 is 1.78 bits per heavy atom. The van der Waals surface area contributed by atoms with Crippen LogP contribution in [-0.4, -0.2) is 16.0 Å². The van der Waals surface area contributed by atoms with Gasteiger partial charge in [-0.05, 0) is 27.8 Å². The van der Waals surface area contributed by atoms with Crippen molar-refractivity contribution in [2.24, 2.45) is 0 Å². The quantitative estimate of drug-likeness (QED) is 0.575. The van der Waals surface area contributed by atoms with Gasteiger partial charge in [-0.15, -0.1) is 0 Å². The third-order valence-electron chi connectivity index (χ3n) is 1.15. The molecule has 0 rings (SSSR count). The molecular formula is C5H14N2OS. The maximum absolute atomic E-state index is 11.1. The van der Waals surface area contributed by atoms with E-state index in [2.05, 4.69) is 4.72 Å². The van der Waals surface area contributed by atoms with Gasteiger partial charge in [-0.3, -0.25) is 0 Å². The van der Waals surface area contributed by atoms with E-state index in [9.17, 15) is 4.21 Å². The van der Waals surface area contributed by atoms with Crippen LogP contribution >= 0.6 is 0 Å². The zero-order chi connectivity index (χ0) is 7.71. The van der Waals surface area contributed by atoms with E-state index in [4.69, 9.17) is 4.78 Å². The second kappa shape index (κ2) is 2.27. The fourth-order valence-electron chi connectivity index (χ4n) is 0.306. The molecule has 1 atom stereocenters. The zero-order valence-corrected chi connectivity index (χ0v) is 7.13. The summed E-state index contributed by atoms with van der Waals surface area (Å²) >= 11 is 0. The van der Waals surface area contributed by atoms with Crippen molar-refractivity contribution in [3.8, 4) is 0 Å². The van der Waals surface area contributed by atoms with Crippen LogP contribution in [0, 0.1) is 4.78 Å². The molecular weight excluding hydrogens is 136 g/mol. The highest BCUT2D eigenvalue weighted by Gasteiger charge is 2.22. The Labute approximate surface area is 57.0 Å². The smallest absolute Gasteiger partial charge is 0.110 e. The Kier molecular flexibility index (Phi) is 2.24. The predicted molar refractivity (Wildman–Crippen MR) is 39.7 cm³/mol. The molecule has 0 saturated carbocycles. The topological polar surface area (TPSA) is 53.0 Å². The van der Waals surface area contributed by atoms with Crippen LogP contribution < -0.4 is 4.72 Å². The van der Waals surface area contributed by atoms with E-state index in [1.807, 2.05) is 0 Å². The second-order valence-corrected chi connectivity index (χ2v) is 5.62. The molecule has 4 heteroatoms. The predicted octanol–water partition coefficient (Wildman–Crippen LogP) is 0.966. The van der Waals surface area contributed by atoms with Gasteiger partial charge in [0.25, 0.3) is 0 Å². The van der Waals surface area contributed by atoms with Gasteiger partial charge in [-0.1, -0.05) is 0 Å². The molecule has 56 valence electrons. The van der Waals surface area contributed by atoms with Crippen molar-refractivity contribution >= 4 is 9.92 Å². The summed E-state index contributed by atoms with van der Waals surface area (Å²) in [7, 11) is -1.04. The van der Waals surface area contributed by atoms with Crippen LogP contribution in [0.5, 0.6) is 0 Å². The Balaban J connectivity index is 4.57. The van der Waals surface area contributed by atoms with Gasteiger partial charge in [0, 0.05) is 0 Å². The molecule has 0 aromatic heterocycles. The van der Waals surface area contributed by atoms with Crippen LogP contribution in [0.1, 0.15) is 20.8 Å². The van der Waals surface area contributed by atoms with Crippen LogP contribution in [0.4, 0.5) is 0 Å². The van der Waals surface area contributed by atoms with Crippen LogP contribution in [0.25, 0.3) is 0 Å². The average Bonchev–Trinajstić information content (AvgIpc) is 1.64. The van der Waals surface area contributed by atoms with Crippen molar-refractivity contribution in [2.45, 2.75) is 25.5 Å². The maximum atomic E-state index is 11.1. The molecule has 0 aliphatic heterocycles. The molecule has 1 unspecified atom stereocenters. The zero-order valence-electron chi connectivity index (χ0n) is 6.32. The van der Waals surface area contributed by atoms with Crippen molar-refractivity contribution in [3.63, 3.8) is 0 Å². The molecule has 0 bridgehead atoms. The highest BCUT2D eigenvalue weighted by molar-refractivity contribution is 7.91. The molecule has 0 saturated heterocycles. The van der Waals surface area contributed by atoms with E-state index >= 15 is 0 Å². The van der Waals surface area contributed by atoms with E-state index in [1.165, 1.54) is 0 Å². The molecule has 0 spiro atoms. The minimum absolute atomic E-state index is 0.470.